The molecule has 0 radical (unpaired) electrons. The van der Waals surface area contributed by atoms with E-state index in [1.165, 1.54) is 13.2 Å². The van der Waals surface area contributed by atoms with Crippen molar-refractivity contribution in [2.45, 2.75) is 18.4 Å². The molecule has 1 aromatic carbocycles. The van der Waals surface area contributed by atoms with Crippen molar-refractivity contribution in [1.82, 2.24) is 14.7 Å². The lowest BCUT2D eigenvalue weighted by Crippen LogP contribution is -2.25. The van der Waals surface area contributed by atoms with Gasteiger partial charge < -0.3 is 9.64 Å². The lowest BCUT2D eigenvalue weighted by atomic mass is 10.3. The van der Waals surface area contributed by atoms with Crippen LogP contribution in [-0.4, -0.2) is 39.6 Å². The maximum Gasteiger partial charge on any atom is 0.244 e. The van der Waals surface area contributed by atoms with Crippen molar-refractivity contribution in [2.75, 3.05) is 26.1 Å². The number of hydrogen-bond acceptors (Lipinski definition) is 6. The first kappa shape index (κ1) is 18.1. The molecule has 0 saturated carbocycles. The number of hydrogen-bond donors (Lipinski definition) is 1. The van der Waals surface area contributed by atoms with Gasteiger partial charge in [0, 0.05) is 25.9 Å². The van der Waals surface area contributed by atoms with Crippen molar-refractivity contribution in [2.24, 2.45) is 0 Å². The molecule has 0 aliphatic carbocycles. The summed E-state index contributed by atoms with van der Waals surface area (Å²) in [5.74, 6) is 0.374. The zero-order valence-corrected chi connectivity index (χ0v) is 14.7. The van der Waals surface area contributed by atoms with Gasteiger partial charge in [0.15, 0.2) is 0 Å². The quantitative estimate of drug-likeness (QED) is 0.846. The number of rotatable bonds is 6. The highest BCUT2D eigenvalue weighted by Gasteiger charge is 2.21. The summed E-state index contributed by atoms with van der Waals surface area (Å²) >= 11 is 0. The van der Waals surface area contributed by atoms with E-state index in [0.29, 0.717) is 17.3 Å². The fraction of sp³-hybridized carbons (Fsp3) is 0.333. The Labute approximate surface area is 140 Å². The number of aryl methyl sites for hydroxylation is 1. The van der Waals surface area contributed by atoms with Gasteiger partial charge in [-0.1, -0.05) is 0 Å². The van der Waals surface area contributed by atoms with E-state index in [-0.39, 0.29) is 17.2 Å². The van der Waals surface area contributed by atoms with Crippen molar-refractivity contribution in [3.8, 4) is 5.75 Å². The van der Waals surface area contributed by atoms with Crippen LogP contribution in [0.4, 0.5) is 10.2 Å². The van der Waals surface area contributed by atoms with Gasteiger partial charge in [-0.15, -0.1) is 0 Å². The molecule has 24 heavy (non-hydrogen) atoms. The first-order valence-electron chi connectivity index (χ1n) is 7.08. The Bertz CT molecular complexity index is 841. The number of methoxy groups -OCH3 is 1. The van der Waals surface area contributed by atoms with Gasteiger partial charge in [-0.2, -0.15) is 0 Å². The monoisotopic (exact) mass is 354 g/mol. The first-order valence-corrected chi connectivity index (χ1v) is 8.56. The minimum Gasteiger partial charge on any atom is -0.495 e. The number of sulfonamides is 1. The lowest BCUT2D eigenvalue weighted by molar-refractivity contribution is 0.400. The lowest BCUT2D eigenvalue weighted by Gasteiger charge is -2.14. The molecular weight excluding hydrogens is 335 g/mol. The van der Waals surface area contributed by atoms with Crippen LogP contribution in [0, 0.1) is 12.7 Å². The van der Waals surface area contributed by atoms with Gasteiger partial charge in [0.25, 0.3) is 0 Å². The van der Waals surface area contributed by atoms with E-state index in [9.17, 15) is 12.8 Å². The minimum atomic E-state index is -3.98. The number of nitrogens with zero attached hydrogens (tertiary/aromatic N) is 3. The van der Waals surface area contributed by atoms with Crippen LogP contribution < -0.4 is 14.4 Å². The fourth-order valence-corrected chi connectivity index (χ4v) is 3.18. The molecule has 0 saturated heterocycles. The van der Waals surface area contributed by atoms with E-state index in [1.54, 1.807) is 17.9 Å². The van der Waals surface area contributed by atoms with Gasteiger partial charge in [-0.3, -0.25) is 0 Å². The summed E-state index contributed by atoms with van der Waals surface area (Å²) in [6, 6.07) is 5.08. The Morgan fingerprint density at radius 3 is 2.58 bits per heavy atom. The number of ether oxygens (including phenoxy) is 1. The summed E-state index contributed by atoms with van der Waals surface area (Å²) in [4.78, 5) is 10.00. The Balaban J connectivity index is 2.27. The third-order valence-corrected chi connectivity index (χ3v) is 4.60. The summed E-state index contributed by atoms with van der Waals surface area (Å²) in [6.07, 6.45) is 0. The highest BCUT2D eigenvalue weighted by atomic mass is 32.2. The summed E-state index contributed by atoms with van der Waals surface area (Å²) in [7, 11) is 0.994. The average molecular weight is 354 g/mol. The van der Waals surface area contributed by atoms with Gasteiger partial charge in [0.1, 0.15) is 28.1 Å². The molecule has 2 aromatic rings. The predicted octanol–water partition coefficient (Wildman–Crippen LogP) is 1.48. The molecule has 0 aliphatic rings. The molecule has 2 rings (SSSR count). The second kappa shape index (κ2) is 7.10. The topological polar surface area (TPSA) is 84.4 Å². The zero-order valence-electron chi connectivity index (χ0n) is 13.9. The highest BCUT2D eigenvalue weighted by molar-refractivity contribution is 7.89. The molecule has 0 unspecified atom stereocenters. The number of anilines is 1. The van der Waals surface area contributed by atoms with Gasteiger partial charge >= 0.3 is 0 Å². The van der Waals surface area contributed by atoms with Crippen molar-refractivity contribution < 1.29 is 17.5 Å². The molecule has 1 aromatic heterocycles. The van der Waals surface area contributed by atoms with E-state index in [4.69, 9.17) is 4.74 Å². The second-order valence-electron chi connectivity index (χ2n) is 5.30. The fourth-order valence-electron chi connectivity index (χ4n) is 2.02. The molecule has 1 N–H and O–H groups in total. The number of benzene rings is 1. The highest BCUT2D eigenvalue weighted by Crippen LogP contribution is 2.24. The normalized spacial score (nSPS) is 11.4. The van der Waals surface area contributed by atoms with Gasteiger partial charge in [-0.05, 0) is 25.1 Å². The van der Waals surface area contributed by atoms with Crippen molar-refractivity contribution in [1.29, 1.82) is 0 Å². The maximum absolute atomic E-state index is 13.4. The van der Waals surface area contributed by atoms with Gasteiger partial charge in [0.05, 0.1) is 13.7 Å². The van der Waals surface area contributed by atoms with Crippen molar-refractivity contribution >= 4 is 15.8 Å². The van der Waals surface area contributed by atoms with Crippen LogP contribution in [0.25, 0.3) is 0 Å². The van der Waals surface area contributed by atoms with Gasteiger partial charge in [-0.25, -0.2) is 27.5 Å². The Kier molecular flexibility index (Phi) is 5.35. The molecule has 0 amide bonds. The molecule has 0 aliphatic heterocycles. The summed E-state index contributed by atoms with van der Waals surface area (Å²) in [6.45, 7) is 1.67. The van der Waals surface area contributed by atoms with Gasteiger partial charge in [0.2, 0.25) is 10.0 Å². The SMILES string of the molecule is COc1ccc(F)cc1S(=O)(=O)NCc1nc(C)cc(N(C)C)n1. The number of nitrogens with one attached hydrogen (secondary N) is 1. The van der Waals surface area contributed by atoms with E-state index < -0.39 is 15.8 Å². The molecule has 130 valence electrons. The molecule has 0 bridgehead atoms. The van der Waals surface area contributed by atoms with Crippen LogP contribution in [0.2, 0.25) is 0 Å². The van der Waals surface area contributed by atoms with Crippen LogP contribution in [0.15, 0.2) is 29.2 Å². The van der Waals surface area contributed by atoms with Crippen LogP contribution in [0.3, 0.4) is 0 Å². The number of halogens is 1. The molecule has 0 spiro atoms. The third kappa shape index (κ3) is 4.18. The maximum atomic E-state index is 13.4. The zero-order chi connectivity index (χ0) is 17.9. The molecule has 9 heteroatoms. The van der Waals surface area contributed by atoms with E-state index in [2.05, 4.69) is 14.7 Å². The van der Waals surface area contributed by atoms with Crippen LogP contribution in [-0.2, 0) is 16.6 Å². The van der Waals surface area contributed by atoms with Crippen LogP contribution in [0.5, 0.6) is 5.75 Å². The molecule has 0 fully saturated rings. The third-order valence-electron chi connectivity index (χ3n) is 3.18. The standard InChI is InChI=1S/C15H19FN4O3S/c1-10-7-15(20(2)3)19-14(18-10)9-17-24(21,22)13-8-11(16)5-6-12(13)23-4/h5-8,17H,9H2,1-4H3. The molecule has 7 nitrogen and oxygen atoms in total. The molecule has 0 atom stereocenters. The predicted molar refractivity (Wildman–Crippen MR) is 88.1 cm³/mol. The van der Waals surface area contributed by atoms with Crippen molar-refractivity contribution in [3.63, 3.8) is 0 Å². The molecule has 1 heterocycles. The van der Waals surface area contributed by atoms with Crippen LogP contribution >= 0.6 is 0 Å². The first-order chi connectivity index (χ1) is 11.2. The minimum absolute atomic E-state index is 0.0584. The summed E-state index contributed by atoms with van der Waals surface area (Å²) in [5.41, 5.74) is 0.714. The van der Waals surface area contributed by atoms with E-state index in [0.717, 1.165) is 12.1 Å². The Morgan fingerprint density at radius 2 is 1.96 bits per heavy atom. The average Bonchev–Trinajstić information content (AvgIpc) is 2.52. The smallest absolute Gasteiger partial charge is 0.244 e. The van der Waals surface area contributed by atoms with E-state index >= 15 is 0 Å². The summed E-state index contributed by atoms with van der Waals surface area (Å²) < 4.78 is 45.6. The molecular formula is C15H19FN4O3S. The van der Waals surface area contributed by atoms with E-state index in [1.807, 2.05) is 14.1 Å². The summed E-state index contributed by atoms with van der Waals surface area (Å²) in [5, 5.41) is 0. The largest absolute Gasteiger partial charge is 0.495 e. The second-order valence-corrected chi connectivity index (χ2v) is 7.03. The van der Waals surface area contributed by atoms with Crippen LogP contribution in [0.1, 0.15) is 11.5 Å². The number of aromatic nitrogens is 2. The Morgan fingerprint density at radius 1 is 1.25 bits per heavy atom. The van der Waals surface area contributed by atoms with Crippen molar-refractivity contribution in [3.05, 3.63) is 41.6 Å². The Hall–Kier alpha value is -2.26.